The molecule has 1 N–H and O–H groups in total. The average molecular weight is 312 g/mol. The minimum Gasteiger partial charge on any atom is -0.311 e. The van der Waals surface area contributed by atoms with Gasteiger partial charge in [0.2, 0.25) is 0 Å². The van der Waals surface area contributed by atoms with Gasteiger partial charge in [0, 0.05) is 37.5 Å². The van der Waals surface area contributed by atoms with Gasteiger partial charge in [0.05, 0.1) is 0 Å². The van der Waals surface area contributed by atoms with E-state index in [1.165, 1.54) is 0 Å². The van der Waals surface area contributed by atoms with Gasteiger partial charge in [-0.3, -0.25) is 4.90 Å². The van der Waals surface area contributed by atoms with E-state index in [2.05, 4.69) is 31.0 Å². The first-order valence-corrected chi connectivity index (χ1v) is 8.54. The predicted molar refractivity (Wildman–Crippen MR) is 80.0 cm³/mol. The Morgan fingerprint density at radius 3 is 2.60 bits per heavy atom. The van der Waals surface area contributed by atoms with E-state index >= 15 is 0 Å². The van der Waals surface area contributed by atoms with E-state index in [1.807, 2.05) is 0 Å². The molecule has 0 radical (unpaired) electrons. The predicted octanol–water partition coefficient (Wildman–Crippen LogP) is 3.73. The molecule has 0 aromatic rings. The molecule has 1 heterocycles. The third kappa shape index (κ3) is 6.22. The molecule has 6 heteroatoms. The Morgan fingerprint density at radius 1 is 1.35 bits per heavy atom. The van der Waals surface area contributed by atoms with Crippen LogP contribution in [0.25, 0.3) is 0 Å². The Bertz CT molecular complexity index is 274. The van der Waals surface area contributed by atoms with E-state index in [1.54, 1.807) is 0 Å². The fourth-order valence-electron chi connectivity index (χ4n) is 2.81. The Kier molecular flexibility index (Phi) is 7.69. The van der Waals surface area contributed by atoms with Crippen LogP contribution in [0.4, 0.5) is 13.2 Å². The average Bonchev–Trinajstić information content (AvgIpc) is 2.37. The van der Waals surface area contributed by atoms with Crippen molar-refractivity contribution in [3.05, 3.63) is 0 Å². The lowest BCUT2D eigenvalue weighted by atomic mass is 9.94. The summed E-state index contributed by atoms with van der Waals surface area (Å²) in [6.45, 7) is 8.78. The van der Waals surface area contributed by atoms with Crippen LogP contribution in [0, 0.1) is 5.92 Å². The van der Waals surface area contributed by atoms with Gasteiger partial charge in [0.1, 0.15) is 0 Å². The van der Waals surface area contributed by atoms with Crippen LogP contribution in [0.15, 0.2) is 0 Å². The van der Waals surface area contributed by atoms with Gasteiger partial charge in [-0.25, -0.2) is 0 Å². The molecule has 0 aromatic heterocycles. The first kappa shape index (κ1) is 18.1. The maximum Gasteiger partial charge on any atom is 0.441 e. The summed E-state index contributed by atoms with van der Waals surface area (Å²) in [5.41, 5.74) is -4.11. The molecule has 1 rings (SSSR count). The summed E-state index contributed by atoms with van der Waals surface area (Å²) >= 11 is 0.101. The van der Waals surface area contributed by atoms with Crippen LogP contribution in [-0.2, 0) is 0 Å². The normalized spacial score (nSPS) is 26.7. The molecule has 20 heavy (non-hydrogen) atoms. The summed E-state index contributed by atoms with van der Waals surface area (Å²) in [4.78, 5) is 2.27. The van der Waals surface area contributed by atoms with Crippen LogP contribution in [0.1, 0.15) is 40.0 Å². The molecule has 0 amide bonds. The van der Waals surface area contributed by atoms with Crippen molar-refractivity contribution in [1.82, 2.24) is 10.2 Å². The third-order valence-electron chi connectivity index (χ3n) is 4.12. The number of hydrogen-bond donors (Lipinski definition) is 1. The zero-order valence-corrected chi connectivity index (χ0v) is 13.5. The molecule has 2 nitrogen and oxygen atoms in total. The molecule has 0 aromatic carbocycles. The summed E-state index contributed by atoms with van der Waals surface area (Å²) in [5, 5.41) is 3.55. The summed E-state index contributed by atoms with van der Waals surface area (Å²) in [6, 6.07) is 0.790. The van der Waals surface area contributed by atoms with Crippen LogP contribution >= 0.6 is 11.8 Å². The molecule has 1 aliphatic rings. The molecule has 1 aliphatic heterocycles. The lowest BCUT2D eigenvalue weighted by Gasteiger charge is -2.43. The fraction of sp³-hybridized carbons (Fsp3) is 1.00. The smallest absolute Gasteiger partial charge is 0.311 e. The van der Waals surface area contributed by atoms with Crippen molar-refractivity contribution in [1.29, 1.82) is 0 Å². The van der Waals surface area contributed by atoms with Gasteiger partial charge in [-0.05, 0) is 24.1 Å². The van der Waals surface area contributed by atoms with E-state index in [0.29, 0.717) is 24.5 Å². The van der Waals surface area contributed by atoms with Crippen molar-refractivity contribution in [2.75, 3.05) is 25.4 Å². The number of piperazine rings is 1. The van der Waals surface area contributed by atoms with Crippen molar-refractivity contribution in [3.8, 4) is 0 Å². The molecule has 3 unspecified atom stereocenters. The number of hydrogen-bond acceptors (Lipinski definition) is 3. The minimum atomic E-state index is -4.11. The van der Waals surface area contributed by atoms with Crippen LogP contribution in [0.3, 0.4) is 0 Å². The molecule has 0 bridgehead atoms. The number of alkyl halides is 3. The second kappa shape index (κ2) is 8.49. The summed E-state index contributed by atoms with van der Waals surface area (Å²) < 4.78 is 36.8. The topological polar surface area (TPSA) is 15.3 Å². The molecule has 0 aliphatic carbocycles. The molecule has 0 saturated carbocycles. The highest BCUT2D eigenvalue weighted by atomic mass is 32.2. The Morgan fingerprint density at radius 2 is 2.05 bits per heavy atom. The van der Waals surface area contributed by atoms with E-state index in [0.717, 1.165) is 32.4 Å². The minimum absolute atomic E-state index is 0.101. The van der Waals surface area contributed by atoms with Gasteiger partial charge >= 0.3 is 5.51 Å². The zero-order valence-electron chi connectivity index (χ0n) is 12.7. The SMILES string of the molecule is CCCC1CN(CCSC(F)(F)F)C(C(C)CC)CN1. The monoisotopic (exact) mass is 312 g/mol. The quantitative estimate of drug-likeness (QED) is 0.771. The molecular formula is C14H27F3N2S. The maximum absolute atomic E-state index is 12.3. The molecule has 120 valence electrons. The van der Waals surface area contributed by atoms with Crippen molar-refractivity contribution in [2.45, 2.75) is 57.6 Å². The number of rotatable bonds is 7. The summed E-state index contributed by atoms with van der Waals surface area (Å²) in [6.07, 6.45) is 3.26. The second-order valence-corrected chi connectivity index (χ2v) is 6.80. The lowest BCUT2D eigenvalue weighted by molar-refractivity contribution is -0.0330. The molecule has 0 spiro atoms. The first-order valence-electron chi connectivity index (χ1n) is 7.55. The van der Waals surface area contributed by atoms with Crippen LogP contribution in [-0.4, -0.2) is 47.9 Å². The molecule has 1 fully saturated rings. The summed E-state index contributed by atoms with van der Waals surface area (Å²) in [5.74, 6) is 0.649. The number of halogens is 3. The van der Waals surface area contributed by atoms with Crippen molar-refractivity contribution >= 4 is 11.8 Å². The maximum atomic E-state index is 12.3. The summed E-state index contributed by atoms with van der Waals surface area (Å²) in [7, 11) is 0. The van der Waals surface area contributed by atoms with E-state index < -0.39 is 5.51 Å². The number of thioether (sulfide) groups is 1. The Balaban J connectivity index is 2.52. The van der Waals surface area contributed by atoms with Gasteiger partial charge in [0.25, 0.3) is 0 Å². The highest BCUT2D eigenvalue weighted by Crippen LogP contribution is 2.30. The third-order valence-corrected chi connectivity index (χ3v) is 4.84. The van der Waals surface area contributed by atoms with E-state index in [-0.39, 0.29) is 17.5 Å². The van der Waals surface area contributed by atoms with Crippen molar-refractivity contribution in [3.63, 3.8) is 0 Å². The number of nitrogens with one attached hydrogen (secondary N) is 1. The highest BCUT2D eigenvalue weighted by Gasteiger charge is 2.32. The Hall–Kier alpha value is 0.0600. The fourth-order valence-corrected chi connectivity index (χ4v) is 3.37. The lowest BCUT2D eigenvalue weighted by Crippen LogP contribution is -2.58. The molecular weight excluding hydrogens is 285 g/mol. The van der Waals surface area contributed by atoms with Gasteiger partial charge in [0.15, 0.2) is 0 Å². The van der Waals surface area contributed by atoms with E-state index in [4.69, 9.17) is 0 Å². The molecule has 3 atom stereocenters. The number of nitrogens with zero attached hydrogens (tertiary/aromatic N) is 1. The zero-order chi connectivity index (χ0) is 15.2. The Labute approximate surface area is 124 Å². The van der Waals surface area contributed by atoms with Gasteiger partial charge < -0.3 is 5.32 Å². The highest BCUT2D eigenvalue weighted by molar-refractivity contribution is 8.00. The van der Waals surface area contributed by atoms with Crippen LogP contribution in [0.2, 0.25) is 0 Å². The van der Waals surface area contributed by atoms with Gasteiger partial charge in [-0.2, -0.15) is 13.2 Å². The van der Waals surface area contributed by atoms with Crippen molar-refractivity contribution < 1.29 is 13.2 Å². The van der Waals surface area contributed by atoms with Gasteiger partial charge in [-0.15, -0.1) is 0 Å². The van der Waals surface area contributed by atoms with Gasteiger partial charge in [-0.1, -0.05) is 33.6 Å². The van der Waals surface area contributed by atoms with Crippen LogP contribution < -0.4 is 5.32 Å². The van der Waals surface area contributed by atoms with E-state index in [9.17, 15) is 13.2 Å². The molecule has 1 saturated heterocycles. The van der Waals surface area contributed by atoms with Crippen LogP contribution in [0.5, 0.6) is 0 Å². The first-order chi connectivity index (χ1) is 9.37. The standard InChI is InChI=1S/C14H27F3N2S/c1-4-6-12-10-19(7-8-20-14(15,16)17)13(9-18-12)11(3)5-2/h11-13,18H,4-10H2,1-3H3. The van der Waals surface area contributed by atoms with Crippen molar-refractivity contribution in [2.24, 2.45) is 5.92 Å². The largest absolute Gasteiger partial charge is 0.441 e. The second-order valence-electron chi connectivity index (χ2n) is 5.64.